The predicted molar refractivity (Wildman–Crippen MR) is 101 cm³/mol. The van der Waals surface area contributed by atoms with Gasteiger partial charge in [-0.25, -0.2) is 4.79 Å². The van der Waals surface area contributed by atoms with E-state index in [1.54, 1.807) is 0 Å². The number of likely N-dealkylation sites (tertiary alicyclic amines) is 1. The third kappa shape index (κ3) is 6.07. The second-order valence-corrected chi connectivity index (χ2v) is 7.27. The monoisotopic (exact) mass is 345 g/mol. The van der Waals surface area contributed by atoms with Gasteiger partial charge < -0.3 is 15.5 Å². The van der Waals surface area contributed by atoms with E-state index in [4.69, 9.17) is 0 Å². The molecule has 5 nitrogen and oxygen atoms in total. The van der Waals surface area contributed by atoms with Gasteiger partial charge in [0.1, 0.15) is 0 Å². The molecule has 2 N–H and O–H groups in total. The SMILES string of the molecule is CCNC(=O)N1CCC(Cc2ccc(C(=O)NCC(C)C)cc2)CC1. The van der Waals surface area contributed by atoms with Crippen molar-refractivity contribution >= 4 is 11.9 Å². The lowest BCUT2D eigenvalue weighted by Gasteiger charge is -2.32. The van der Waals surface area contributed by atoms with Crippen molar-refractivity contribution in [1.82, 2.24) is 15.5 Å². The zero-order chi connectivity index (χ0) is 18.2. The summed E-state index contributed by atoms with van der Waals surface area (Å²) in [5.41, 5.74) is 1.98. The van der Waals surface area contributed by atoms with Gasteiger partial charge in [-0.3, -0.25) is 4.79 Å². The highest BCUT2D eigenvalue weighted by Gasteiger charge is 2.22. The number of hydrogen-bond acceptors (Lipinski definition) is 2. The Balaban J connectivity index is 1.80. The highest BCUT2D eigenvalue weighted by atomic mass is 16.2. The molecule has 25 heavy (non-hydrogen) atoms. The van der Waals surface area contributed by atoms with Crippen LogP contribution in [0.15, 0.2) is 24.3 Å². The van der Waals surface area contributed by atoms with Gasteiger partial charge in [0.15, 0.2) is 0 Å². The Bertz CT molecular complexity index is 561. The molecule has 0 bridgehead atoms. The summed E-state index contributed by atoms with van der Waals surface area (Å²) in [6.07, 6.45) is 3.08. The van der Waals surface area contributed by atoms with Crippen LogP contribution in [0.2, 0.25) is 0 Å². The zero-order valence-corrected chi connectivity index (χ0v) is 15.7. The summed E-state index contributed by atoms with van der Waals surface area (Å²) in [7, 11) is 0. The fourth-order valence-corrected chi connectivity index (χ4v) is 3.13. The molecule has 0 spiro atoms. The highest BCUT2D eigenvalue weighted by Crippen LogP contribution is 2.22. The number of carbonyl (C=O) groups is 2. The molecule has 1 aromatic carbocycles. The molecule has 3 amide bonds. The van der Waals surface area contributed by atoms with Crippen molar-refractivity contribution in [3.05, 3.63) is 35.4 Å². The van der Waals surface area contributed by atoms with Gasteiger partial charge in [0.25, 0.3) is 5.91 Å². The van der Waals surface area contributed by atoms with Crippen LogP contribution in [0.4, 0.5) is 4.79 Å². The first-order valence-electron chi connectivity index (χ1n) is 9.39. The van der Waals surface area contributed by atoms with Crippen molar-refractivity contribution in [2.45, 2.75) is 40.0 Å². The number of nitrogens with one attached hydrogen (secondary N) is 2. The van der Waals surface area contributed by atoms with Gasteiger partial charge in [-0.2, -0.15) is 0 Å². The van der Waals surface area contributed by atoms with Gasteiger partial charge in [-0.15, -0.1) is 0 Å². The number of urea groups is 1. The van der Waals surface area contributed by atoms with Crippen LogP contribution in [-0.2, 0) is 6.42 Å². The Hall–Kier alpha value is -2.04. The van der Waals surface area contributed by atoms with Crippen LogP contribution in [0.25, 0.3) is 0 Å². The quantitative estimate of drug-likeness (QED) is 0.832. The van der Waals surface area contributed by atoms with Gasteiger partial charge in [-0.1, -0.05) is 26.0 Å². The Morgan fingerprint density at radius 1 is 1.12 bits per heavy atom. The molecular formula is C20H31N3O2. The number of nitrogens with zero attached hydrogens (tertiary/aromatic N) is 1. The van der Waals surface area contributed by atoms with Crippen molar-refractivity contribution < 1.29 is 9.59 Å². The van der Waals surface area contributed by atoms with Crippen molar-refractivity contribution in [3.8, 4) is 0 Å². The summed E-state index contributed by atoms with van der Waals surface area (Å²) < 4.78 is 0. The predicted octanol–water partition coefficient (Wildman–Crippen LogP) is 3.06. The van der Waals surface area contributed by atoms with Crippen molar-refractivity contribution in [1.29, 1.82) is 0 Å². The summed E-state index contributed by atoms with van der Waals surface area (Å²) in [4.78, 5) is 25.8. The maximum atomic E-state index is 12.0. The lowest BCUT2D eigenvalue weighted by molar-refractivity contribution is 0.0949. The first kappa shape index (κ1) is 19.3. The minimum atomic E-state index is -0.00417. The average molecular weight is 345 g/mol. The van der Waals surface area contributed by atoms with Crippen LogP contribution in [0.3, 0.4) is 0 Å². The molecule has 1 aliphatic rings. The average Bonchev–Trinajstić information content (AvgIpc) is 2.61. The molecule has 1 heterocycles. The van der Waals surface area contributed by atoms with Crippen molar-refractivity contribution in [2.75, 3.05) is 26.2 Å². The second-order valence-electron chi connectivity index (χ2n) is 7.27. The molecule has 0 radical (unpaired) electrons. The fourth-order valence-electron chi connectivity index (χ4n) is 3.13. The normalized spacial score (nSPS) is 15.3. The third-order valence-corrected chi connectivity index (χ3v) is 4.64. The summed E-state index contributed by atoms with van der Waals surface area (Å²) in [6, 6.07) is 7.99. The summed E-state index contributed by atoms with van der Waals surface area (Å²) in [5, 5.41) is 5.81. The van der Waals surface area contributed by atoms with E-state index in [1.165, 1.54) is 5.56 Å². The first-order valence-corrected chi connectivity index (χ1v) is 9.39. The number of amides is 3. The molecule has 0 aromatic heterocycles. The summed E-state index contributed by atoms with van der Waals surface area (Å²) >= 11 is 0. The topological polar surface area (TPSA) is 61.4 Å². The van der Waals surface area contributed by atoms with Crippen LogP contribution < -0.4 is 10.6 Å². The maximum Gasteiger partial charge on any atom is 0.317 e. The number of rotatable bonds is 6. The van der Waals surface area contributed by atoms with Gasteiger partial charge in [-0.05, 0) is 55.7 Å². The molecule has 0 unspecified atom stereocenters. The van der Waals surface area contributed by atoms with E-state index >= 15 is 0 Å². The fraction of sp³-hybridized carbons (Fsp3) is 0.600. The first-order chi connectivity index (χ1) is 12.0. The minimum Gasteiger partial charge on any atom is -0.352 e. The van der Waals surface area contributed by atoms with Crippen molar-refractivity contribution in [2.24, 2.45) is 11.8 Å². The summed E-state index contributed by atoms with van der Waals surface area (Å²) in [6.45, 7) is 9.14. The standard InChI is InChI=1S/C20H31N3O2/c1-4-21-20(25)23-11-9-17(10-12-23)13-16-5-7-18(8-6-16)19(24)22-14-15(2)3/h5-8,15,17H,4,9-14H2,1-3H3,(H,21,25)(H,22,24). The van der Waals surface area contributed by atoms with Crippen LogP contribution in [-0.4, -0.2) is 43.0 Å². The minimum absolute atomic E-state index is 0.00417. The molecule has 138 valence electrons. The van der Waals surface area contributed by atoms with Gasteiger partial charge >= 0.3 is 6.03 Å². The third-order valence-electron chi connectivity index (χ3n) is 4.64. The Kier molecular flexibility index (Phi) is 7.29. The molecular weight excluding hydrogens is 314 g/mol. The van der Waals surface area contributed by atoms with E-state index in [0.29, 0.717) is 24.9 Å². The van der Waals surface area contributed by atoms with Crippen molar-refractivity contribution in [3.63, 3.8) is 0 Å². The van der Waals surface area contributed by atoms with E-state index in [-0.39, 0.29) is 11.9 Å². The second kappa shape index (κ2) is 9.44. The number of hydrogen-bond donors (Lipinski definition) is 2. The van der Waals surface area contributed by atoms with E-state index in [0.717, 1.165) is 37.9 Å². The van der Waals surface area contributed by atoms with Crippen LogP contribution in [0.5, 0.6) is 0 Å². The van der Waals surface area contributed by atoms with Gasteiger partial charge in [0.2, 0.25) is 0 Å². The molecule has 1 aliphatic heterocycles. The Morgan fingerprint density at radius 3 is 2.32 bits per heavy atom. The van der Waals surface area contributed by atoms with E-state index in [9.17, 15) is 9.59 Å². The van der Waals surface area contributed by atoms with Gasteiger partial charge in [0.05, 0.1) is 0 Å². The van der Waals surface area contributed by atoms with Crippen LogP contribution in [0.1, 0.15) is 49.5 Å². The smallest absolute Gasteiger partial charge is 0.317 e. The Labute approximate surface area is 151 Å². The molecule has 5 heteroatoms. The van der Waals surface area contributed by atoms with Crippen LogP contribution >= 0.6 is 0 Å². The Morgan fingerprint density at radius 2 is 1.76 bits per heavy atom. The molecule has 1 fully saturated rings. The lowest BCUT2D eigenvalue weighted by Crippen LogP contribution is -2.44. The molecule has 1 saturated heterocycles. The van der Waals surface area contributed by atoms with E-state index in [2.05, 4.69) is 36.6 Å². The molecule has 0 aliphatic carbocycles. The largest absolute Gasteiger partial charge is 0.352 e. The highest BCUT2D eigenvalue weighted by molar-refractivity contribution is 5.94. The molecule has 1 aromatic rings. The van der Waals surface area contributed by atoms with Crippen LogP contribution in [0, 0.1) is 11.8 Å². The number of piperidine rings is 1. The molecule has 0 saturated carbocycles. The number of benzene rings is 1. The molecule has 2 rings (SSSR count). The summed E-state index contributed by atoms with van der Waals surface area (Å²) in [5.74, 6) is 1.05. The zero-order valence-electron chi connectivity index (χ0n) is 15.7. The molecule has 0 atom stereocenters. The van der Waals surface area contributed by atoms with E-state index < -0.39 is 0 Å². The van der Waals surface area contributed by atoms with Gasteiger partial charge in [0, 0.05) is 31.7 Å². The van der Waals surface area contributed by atoms with E-state index in [1.807, 2.05) is 24.0 Å². The maximum absolute atomic E-state index is 12.0. The lowest BCUT2D eigenvalue weighted by atomic mass is 9.90. The number of carbonyl (C=O) groups excluding carboxylic acids is 2.